The number of rotatable bonds is 5. The van der Waals surface area contributed by atoms with E-state index in [2.05, 4.69) is 10.3 Å². The molecular formula is C20H20N2O6. The number of ether oxygens (including phenoxy) is 2. The van der Waals surface area contributed by atoms with Gasteiger partial charge in [0, 0.05) is 29.6 Å². The fourth-order valence-electron chi connectivity index (χ4n) is 3.86. The highest BCUT2D eigenvalue weighted by Gasteiger charge is 2.46. The van der Waals surface area contributed by atoms with Gasteiger partial charge in [0.1, 0.15) is 18.0 Å². The fraction of sp³-hybridized carbons (Fsp3) is 0.350. The van der Waals surface area contributed by atoms with Crippen molar-refractivity contribution in [3.8, 4) is 5.75 Å². The molecule has 28 heavy (non-hydrogen) atoms. The molecule has 2 aromatic rings. The highest BCUT2D eigenvalue weighted by Crippen LogP contribution is 2.47. The minimum Gasteiger partial charge on any atom is -0.487 e. The summed E-state index contributed by atoms with van der Waals surface area (Å²) in [6.45, 7) is -0.254. The molecule has 4 rings (SSSR count). The smallest absolute Gasteiger partial charge is 0.305 e. The van der Waals surface area contributed by atoms with E-state index in [9.17, 15) is 14.7 Å². The van der Waals surface area contributed by atoms with Gasteiger partial charge in [0.25, 0.3) is 5.91 Å². The highest BCUT2D eigenvalue weighted by molar-refractivity contribution is 6.04. The number of benzene rings is 1. The molecule has 3 N–H and O–H groups in total. The third kappa shape index (κ3) is 3.56. The van der Waals surface area contributed by atoms with Crippen LogP contribution >= 0.6 is 0 Å². The highest BCUT2D eigenvalue weighted by atomic mass is 16.6. The summed E-state index contributed by atoms with van der Waals surface area (Å²) in [5.74, 6) is -0.669. The summed E-state index contributed by atoms with van der Waals surface area (Å²) in [5.41, 5.74) is 1.94. The van der Waals surface area contributed by atoms with E-state index < -0.39 is 18.2 Å². The molecule has 8 heteroatoms. The molecule has 0 bridgehead atoms. The van der Waals surface area contributed by atoms with Crippen molar-refractivity contribution in [2.75, 3.05) is 11.9 Å². The first-order valence-corrected chi connectivity index (χ1v) is 9.05. The van der Waals surface area contributed by atoms with Crippen molar-refractivity contribution in [1.82, 2.24) is 4.98 Å². The fourth-order valence-corrected chi connectivity index (χ4v) is 3.86. The summed E-state index contributed by atoms with van der Waals surface area (Å²) in [4.78, 5) is 27.4. The Labute approximate surface area is 161 Å². The van der Waals surface area contributed by atoms with Gasteiger partial charge in [0.15, 0.2) is 0 Å². The topological polar surface area (TPSA) is 118 Å². The number of carbonyl (C=O) groups excluding carboxylic acids is 1. The van der Waals surface area contributed by atoms with E-state index in [4.69, 9.17) is 14.6 Å². The summed E-state index contributed by atoms with van der Waals surface area (Å²) < 4.78 is 11.7. The van der Waals surface area contributed by atoms with Gasteiger partial charge in [-0.05, 0) is 36.8 Å². The SMILES string of the molecule is O=C(O)C[C@@H]1C[C@@H]2c3cc(NC(=O)c4cccnc4)ccc3O[C@@H]2[C@H](CO)O1. The molecule has 2 aliphatic rings. The van der Waals surface area contributed by atoms with E-state index in [0.717, 1.165) is 5.56 Å². The number of carbonyl (C=O) groups is 2. The number of aliphatic hydroxyl groups is 1. The Morgan fingerprint density at radius 3 is 2.86 bits per heavy atom. The van der Waals surface area contributed by atoms with Crippen LogP contribution < -0.4 is 10.1 Å². The lowest BCUT2D eigenvalue weighted by Gasteiger charge is -2.36. The van der Waals surface area contributed by atoms with Crippen LogP contribution in [0.2, 0.25) is 0 Å². The molecule has 0 aliphatic carbocycles. The maximum absolute atomic E-state index is 12.4. The van der Waals surface area contributed by atoms with Crippen LogP contribution in [-0.2, 0) is 9.53 Å². The molecule has 146 valence electrons. The number of hydrogen-bond acceptors (Lipinski definition) is 6. The van der Waals surface area contributed by atoms with Crippen molar-refractivity contribution in [3.05, 3.63) is 53.9 Å². The molecule has 0 spiro atoms. The molecule has 0 saturated carbocycles. The zero-order valence-electron chi connectivity index (χ0n) is 14.9. The molecule has 0 unspecified atom stereocenters. The van der Waals surface area contributed by atoms with Crippen molar-refractivity contribution in [1.29, 1.82) is 0 Å². The monoisotopic (exact) mass is 384 g/mol. The minimum atomic E-state index is -0.947. The number of pyridine rings is 1. The van der Waals surface area contributed by atoms with Crippen LogP contribution in [-0.4, -0.2) is 52.0 Å². The third-order valence-electron chi connectivity index (χ3n) is 5.08. The number of hydrogen-bond donors (Lipinski definition) is 3. The molecule has 3 heterocycles. The number of aromatic nitrogens is 1. The van der Waals surface area contributed by atoms with E-state index in [1.807, 2.05) is 6.07 Å². The Balaban J connectivity index is 1.56. The van der Waals surface area contributed by atoms with Crippen molar-refractivity contribution in [2.45, 2.75) is 37.1 Å². The van der Waals surface area contributed by atoms with E-state index >= 15 is 0 Å². The van der Waals surface area contributed by atoms with Gasteiger partial charge in [-0.1, -0.05) is 0 Å². The molecule has 2 aliphatic heterocycles. The van der Waals surface area contributed by atoms with Crippen LogP contribution in [0.4, 0.5) is 5.69 Å². The molecule has 1 aromatic heterocycles. The van der Waals surface area contributed by atoms with Crippen LogP contribution in [0.25, 0.3) is 0 Å². The second-order valence-corrected chi connectivity index (χ2v) is 6.95. The zero-order chi connectivity index (χ0) is 19.7. The summed E-state index contributed by atoms with van der Waals surface area (Å²) in [6.07, 6.45) is 1.95. The Morgan fingerprint density at radius 1 is 1.29 bits per heavy atom. The number of aliphatic hydroxyl groups excluding tert-OH is 1. The molecule has 4 atom stereocenters. The maximum atomic E-state index is 12.4. The lowest BCUT2D eigenvalue weighted by molar-refractivity contribution is -0.153. The average Bonchev–Trinajstić information content (AvgIpc) is 3.05. The standard InChI is InChI=1S/C20H20N2O6/c23-10-17-19-15(7-13(27-17)8-18(24)25)14-6-12(3-4-16(14)28-19)22-20(26)11-2-1-5-21-9-11/h1-6,9,13,15,17,19,23H,7-8,10H2,(H,22,26)(H,24,25)/t13-,15+,17-,19-/m0/s1. The summed E-state index contributed by atoms with van der Waals surface area (Å²) in [7, 11) is 0. The number of carboxylic acid groups (broad SMARTS) is 1. The van der Waals surface area contributed by atoms with Crippen LogP contribution in [0, 0.1) is 0 Å². The number of aliphatic carboxylic acids is 1. The van der Waals surface area contributed by atoms with Crippen molar-refractivity contribution < 1.29 is 29.3 Å². The summed E-state index contributed by atoms with van der Waals surface area (Å²) >= 11 is 0. The molecule has 0 radical (unpaired) electrons. The number of carboxylic acids is 1. The van der Waals surface area contributed by atoms with Crippen molar-refractivity contribution >= 4 is 17.6 Å². The largest absolute Gasteiger partial charge is 0.487 e. The second kappa shape index (κ2) is 7.57. The van der Waals surface area contributed by atoms with Crippen LogP contribution in [0.15, 0.2) is 42.7 Å². The molecule has 1 amide bonds. The van der Waals surface area contributed by atoms with Gasteiger partial charge >= 0.3 is 5.97 Å². The predicted molar refractivity (Wildman–Crippen MR) is 98.4 cm³/mol. The van der Waals surface area contributed by atoms with E-state index in [0.29, 0.717) is 23.4 Å². The predicted octanol–water partition coefficient (Wildman–Crippen LogP) is 1.80. The van der Waals surface area contributed by atoms with E-state index in [-0.39, 0.29) is 31.0 Å². The first-order valence-electron chi connectivity index (χ1n) is 9.05. The Morgan fingerprint density at radius 2 is 2.14 bits per heavy atom. The third-order valence-corrected chi connectivity index (χ3v) is 5.08. The van der Waals surface area contributed by atoms with Crippen LogP contribution in [0.5, 0.6) is 5.75 Å². The molecule has 1 aromatic carbocycles. The van der Waals surface area contributed by atoms with Gasteiger partial charge in [-0.2, -0.15) is 0 Å². The normalized spacial score (nSPS) is 25.3. The lowest BCUT2D eigenvalue weighted by Crippen LogP contribution is -2.46. The molecule has 1 fully saturated rings. The van der Waals surface area contributed by atoms with Crippen molar-refractivity contribution in [2.24, 2.45) is 0 Å². The lowest BCUT2D eigenvalue weighted by atomic mass is 9.84. The minimum absolute atomic E-state index is 0.111. The molecular weight excluding hydrogens is 364 g/mol. The number of nitrogens with one attached hydrogen (secondary N) is 1. The number of nitrogens with zero attached hydrogens (tertiary/aromatic N) is 1. The van der Waals surface area contributed by atoms with Crippen LogP contribution in [0.3, 0.4) is 0 Å². The average molecular weight is 384 g/mol. The quantitative estimate of drug-likeness (QED) is 0.719. The van der Waals surface area contributed by atoms with Crippen LogP contribution in [0.1, 0.15) is 34.7 Å². The summed E-state index contributed by atoms with van der Waals surface area (Å²) in [6, 6.07) is 8.72. The maximum Gasteiger partial charge on any atom is 0.305 e. The molecule has 8 nitrogen and oxygen atoms in total. The Bertz CT molecular complexity index is 888. The first kappa shape index (κ1) is 18.4. The Kier molecular flexibility index (Phi) is 4.97. The van der Waals surface area contributed by atoms with Crippen molar-refractivity contribution in [3.63, 3.8) is 0 Å². The Hall–Kier alpha value is -2.97. The van der Waals surface area contributed by atoms with Gasteiger partial charge < -0.3 is 25.0 Å². The number of anilines is 1. The van der Waals surface area contributed by atoms with Gasteiger partial charge in [0.2, 0.25) is 0 Å². The van der Waals surface area contributed by atoms with Gasteiger partial charge in [-0.3, -0.25) is 14.6 Å². The first-order chi connectivity index (χ1) is 13.5. The molecule has 1 saturated heterocycles. The summed E-state index contributed by atoms with van der Waals surface area (Å²) in [5, 5.41) is 21.6. The van der Waals surface area contributed by atoms with Gasteiger partial charge in [-0.25, -0.2) is 0 Å². The van der Waals surface area contributed by atoms with Gasteiger partial charge in [0.05, 0.1) is 24.7 Å². The van der Waals surface area contributed by atoms with E-state index in [1.165, 1.54) is 6.20 Å². The number of fused-ring (bicyclic) bond motifs is 3. The number of amides is 1. The zero-order valence-corrected chi connectivity index (χ0v) is 14.9. The van der Waals surface area contributed by atoms with E-state index in [1.54, 1.807) is 30.5 Å². The second-order valence-electron chi connectivity index (χ2n) is 6.95. The van der Waals surface area contributed by atoms with Gasteiger partial charge in [-0.15, -0.1) is 0 Å².